The summed E-state index contributed by atoms with van der Waals surface area (Å²) in [7, 11) is 4.59. The van der Waals surface area contributed by atoms with Crippen LogP contribution in [0.1, 0.15) is 18.0 Å². The number of nitrogens with one attached hydrogen (secondary N) is 1. The summed E-state index contributed by atoms with van der Waals surface area (Å²) in [5.74, 6) is 1.29. The molecule has 136 valence electrons. The van der Waals surface area contributed by atoms with Gasteiger partial charge in [-0.1, -0.05) is 30.3 Å². The number of anilines is 1. The molecule has 0 radical (unpaired) electrons. The first-order valence-corrected chi connectivity index (χ1v) is 7.49. The lowest BCUT2D eigenvalue weighted by atomic mass is 10.0. The number of amides is 1. The van der Waals surface area contributed by atoms with Crippen LogP contribution in [0.4, 0.5) is 5.69 Å². The summed E-state index contributed by atoms with van der Waals surface area (Å²) in [5.41, 5.74) is 7.49. The van der Waals surface area contributed by atoms with E-state index in [0.29, 0.717) is 22.9 Å². The molecule has 0 aliphatic carbocycles. The summed E-state index contributed by atoms with van der Waals surface area (Å²) in [5, 5.41) is 2.81. The molecule has 3 N–H and O–H groups in total. The fourth-order valence-electron chi connectivity index (χ4n) is 2.35. The molecular weight excluding hydrogens is 344 g/mol. The number of carbonyl (C=O) groups is 1. The lowest BCUT2D eigenvalue weighted by molar-refractivity contribution is -0.116. The van der Waals surface area contributed by atoms with E-state index in [1.165, 1.54) is 21.3 Å². The first-order valence-electron chi connectivity index (χ1n) is 7.49. The Morgan fingerprint density at radius 2 is 1.56 bits per heavy atom. The molecule has 1 atom stereocenters. The zero-order valence-electron chi connectivity index (χ0n) is 14.4. The van der Waals surface area contributed by atoms with Gasteiger partial charge in [-0.15, -0.1) is 12.4 Å². The molecule has 25 heavy (non-hydrogen) atoms. The highest BCUT2D eigenvalue weighted by Gasteiger charge is 2.16. The number of ether oxygens (including phenoxy) is 3. The highest BCUT2D eigenvalue weighted by atomic mass is 35.5. The Bertz CT molecular complexity index is 695. The van der Waals surface area contributed by atoms with Gasteiger partial charge in [-0.3, -0.25) is 4.79 Å². The van der Waals surface area contributed by atoms with Gasteiger partial charge < -0.3 is 25.3 Å². The summed E-state index contributed by atoms with van der Waals surface area (Å²) >= 11 is 0. The second-order valence-corrected chi connectivity index (χ2v) is 5.18. The van der Waals surface area contributed by atoms with E-state index in [4.69, 9.17) is 19.9 Å². The van der Waals surface area contributed by atoms with E-state index in [2.05, 4.69) is 5.32 Å². The first-order chi connectivity index (χ1) is 11.6. The van der Waals surface area contributed by atoms with Crippen molar-refractivity contribution in [2.45, 2.75) is 12.5 Å². The van der Waals surface area contributed by atoms with Gasteiger partial charge in [0, 0.05) is 24.6 Å². The van der Waals surface area contributed by atoms with Gasteiger partial charge in [-0.05, 0) is 5.56 Å². The second-order valence-electron chi connectivity index (χ2n) is 5.18. The predicted molar refractivity (Wildman–Crippen MR) is 100.0 cm³/mol. The van der Waals surface area contributed by atoms with Crippen LogP contribution in [0.3, 0.4) is 0 Å². The van der Waals surface area contributed by atoms with Gasteiger partial charge in [0.1, 0.15) is 5.75 Å². The lowest BCUT2D eigenvalue weighted by Gasteiger charge is -2.16. The van der Waals surface area contributed by atoms with Crippen molar-refractivity contribution in [3.05, 3.63) is 48.0 Å². The summed E-state index contributed by atoms with van der Waals surface area (Å²) in [6.07, 6.45) is 0.154. The minimum atomic E-state index is -0.377. The van der Waals surface area contributed by atoms with Crippen LogP contribution in [0.15, 0.2) is 42.5 Å². The zero-order valence-corrected chi connectivity index (χ0v) is 15.3. The second kappa shape index (κ2) is 9.76. The maximum Gasteiger partial charge on any atom is 0.226 e. The molecule has 0 bridgehead atoms. The third kappa shape index (κ3) is 5.27. The monoisotopic (exact) mass is 366 g/mol. The molecular formula is C18H23ClN2O4. The number of carbonyl (C=O) groups excluding carboxylic acids is 1. The van der Waals surface area contributed by atoms with Gasteiger partial charge in [0.15, 0.2) is 11.5 Å². The zero-order chi connectivity index (χ0) is 17.5. The van der Waals surface area contributed by atoms with Crippen molar-refractivity contribution in [2.75, 3.05) is 26.6 Å². The molecule has 0 aliphatic rings. The Balaban J connectivity index is 0.00000312. The van der Waals surface area contributed by atoms with Gasteiger partial charge in [0.2, 0.25) is 5.91 Å². The maximum absolute atomic E-state index is 12.3. The normalized spacial score (nSPS) is 11.0. The Labute approximate surface area is 153 Å². The van der Waals surface area contributed by atoms with Crippen LogP contribution in [0, 0.1) is 0 Å². The number of nitrogens with two attached hydrogens (primary N) is 1. The topological polar surface area (TPSA) is 82.8 Å². The Morgan fingerprint density at radius 1 is 1.00 bits per heavy atom. The fraction of sp³-hybridized carbons (Fsp3) is 0.278. The van der Waals surface area contributed by atoms with Crippen molar-refractivity contribution >= 4 is 24.0 Å². The minimum Gasteiger partial charge on any atom is -0.494 e. The number of methoxy groups -OCH3 is 3. The number of hydrogen-bond acceptors (Lipinski definition) is 5. The van der Waals surface area contributed by atoms with Crippen molar-refractivity contribution in [1.82, 2.24) is 0 Å². The molecule has 6 nitrogen and oxygen atoms in total. The molecule has 0 spiro atoms. The van der Waals surface area contributed by atoms with E-state index in [1.807, 2.05) is 30.3 Å². The number of rotatable bonds is 7. The van der Waals surface area contributed by atoms with Crippen LogP contribution in [-0.4, -0.2) is 27.2 Å². The van der Waals surface area contributed by atoms with Crippen molar-refractivity contribution in [3.63, 3.8) is 0 Å². The summed E-state index contributed by atoms with van der Waals surface area (Å²) in [4.78, 5) is 12.3. The average molecular weight is 367 g/mol. The first kappa shape index (κ1) is 20.6. The van der Waals surface area contributed by atoms with Crippen LogP contribution in [0.25, 0.3) is 0 Å². The van der Waals surface area contributed by atoms with E-state index in [1.54, 1.807) is 12.1 Å². The molecule has 0 aromatic heterocycles. The Kier molecular flexibility index (Phi) is 8.04. The van der Waals surface area contributed by atoms with Crippen molar-refractivity contribution in [3.8, 4) is 17.2 Å². The number of hydrogen-bond donors (Lipinski definition) is 2. The Morgan fingerprint density at radius 3 is 2.12 bits per heavy atom. The third-order valence-electron chi connectivity index (χ3n) is 3.61. The van der Waals surface area contributed by atoms with Crippen LogP contribution >= 0.6 is 12.4 Å². The SMILES string of the molecule is COc1cc(OC)c(OC)cc1NC(=O)CC(N)c1ccccc1.Cl. The maximum atomic E-state index is 12.3. The molecule has 2 rings (SSSR count). The van der Waals surface area contributed by atoms with Gasteiger partial charge in [0.25, 0.3) is 0 Å². The standard InChI is InChI=1S/C18H22N2O4.ClH/c1-22-15-11-17(24-3)16(23-2)10-14(15)20-18(21)9-13(19)12-7-5-4-6-8-12;/h4-8,10-11,13H,9,19H2,1-3H3,(H,20,21);1H. The van der Waals surface area contributed by atoms with E-state index in [9.17, 15) is 4.79 Å². The van der Waals surface area contributed by atoms with Gasteiger partial charge in [-0.2, -0.15) is 0 Å². The third-order valence-corrected chi connectivity index (χ3v) is 3.61. The highest BCUT2D eigenvalue weighted by Crippen LogP contribution is 2.37. The molecule has 0 heterocycles. The predicted octanol–water partition coefficient (Wildman–Crippen LogP) is 3.16. The van der Waals surface area contributed by atoms with E-state index < -0.39 is 0 Å². The van der Waals surface area contributed by atoms with Gasteiger partial charge in [0.05, 0.1) is 27.0 Å². The minimum absolute atomic E-state index is 0. The lowest BCUT2D eigenvalue weighted by Crippen LogP contribution is -2.20. The van der Waals surface area contributed by atoms with Crippen LogP contribution in [0.5, 0.6) is 17.2 Å². The molecule has 2 aromatic carbocycles. The molecule has 1 amide bonds. The van der Waals surface area contributed by atoms with Crippen molar-refractivity contribution in [2.24, 2.45) is 5.73 Å². The molecule has 0 saturated heterocycles. The van der Waals surface area contributed by atoms with Crippen LogP contribution < -0.4 is 25.3 Å². The molecule has 0 saturated carbocycles. The van der Waals surface area contributed by atoms with Gasteiger partial charge in [-0.25, -0.2) is 0 Å². The van der Waals surface area contributed by atoms with Crippen molar-refractivity contribution < 1.29 is 19.0 Å². The summed E-state index contributed by atoms with van der Waals surface area (Å²) in [6, 6.07) is 12.4. The van der Waals surface area contributed by atoms with E-state index >= 15 is 0 Å². The van der Waals surface area contributed by atoms with E-state index in [-0.39, 0.29) is 30.8 Å². The largest absolute Gasteiger partial charge is 0.494 e. The number of halogens is 1. The molecule has 1 unspecified atom stereocenters. The van der Waals surface area contributed by atoms with Gasteiger partial charge >= 0.3 is 0 Å². The average Bonchev–Trinajstić information content (AvgIpc) is 2.61. The van der Waals surface area contributed by atoms with Crippen LogP contribution in [-0.2, 0) is 4.79 Å². The Hall–Kier alpha value is -2.44. The fourth-order valence-corrected chi connectivity index (χ4v) is 2.35. The quantitative estimate of drug-likeness (QED) is 0.786. The smallest absolute Gasteiger partial charge is 0.226 e. The summed E-state index contributed by atoms with van der Waals surface area (Å²) < 4.78 is 15.8. The van der Waals surface area contributed by atoms with E-state index in [0.717, 1.165) is 5.56 Å². The summed E-state index contributed by atoms with van der Waals surface area (Å²) in [6.45, 7) is 0. The molecule has 0 aliphatic heterocycles. The molecule has 7 heteroatoms. The molecule has 0 fully saturated rings. The van der Waals surface area contributed by atoms with Crippen LogP contribution in [0.2, 0.25) is 0 Å². The van der Waals surface area contributed by atoms with Crippen molar-refractivity contribution in [1.29, 1.82) is 0 Å². The number of benzene rings is 2. The highest BCUT2D eigenvalue weighted by molar-refractivity contribution is 5.93. The molecule has 2 aromatic rings.